The van der Waals surface area contributed by atoms with Crippen LogP contribution in [0.25, 0.3) is 55.6 Å². The fourth-order valence-corrected chi connectivity index (χ4v) is 4.51. The van der Waals surface area contributed by atoms with Crippen molar-refractivity contribution in [3.63, 3.8) is 0 Å². The number of aromatic nitrogens is 6. The van der Waals surface area contributed by atoms with E-state index in [4.69, 9.17) is 0 Å². The Hall–Kier alpha value is -4.63. The summed E-state index contributed by atoms with van der Waals surface area (Å²) in [6.45, 7) is 1.56. The number of nitrogens with one attached hydrogen (secondary N) is 3. The zero-order valence-electron chi connectivity index (χ0n) is 20.5. The molecule has 0 bridgehead atoms. The Morgan fingerprint density at radius 2 is 1.70 bits per heavy atom. The fourth-order valence-electron chi connectivity index (χ4n) is 4.51. The van der Waals surface area contributed by atoms with E-state index in [-0.39, 0.29) is 5.82 Å². The second-order valence-electron chi connectivity index (χ2n) is 9.22. The van der Waals surface area contributed by atoms with Crippen molar-refractivity contribution in [2.45, 2.75) is 0 Å². The number of fused-ring (bicyclic) bond motifs is 2. The van der Waals surface area contributed by atoms with Crippen molar-refractivity contribution in [2.24, 2.45) is 0 Å². The van der Waals surface area contributed by atoms with Gasteiger partial charge in [0.25, 0.3) is 0 Å². The summed E-state index contributed by atoms with van der Waals surface area (Å²) in [6.07, 6.45) is 6.83. The first-order valence-electron chi connectivity index (χ1n) is 12.0. The van der Waals surface area contributed by atoms with Gasteiger partial charge in [0, 0.05) is 64.8 Å². The second-order valence-corrected chi connectivity index (χ2v) is 9.22. The van der Waals surface area contributed by atoms with Gasteiger partial charge in [0.1, 0.15) is 17.8 Å². The van der Waals surface area contributed by atoms with Gasteiger partial charge in [-0.2, -0.15) is 5.10 Å². The Morgan fingerprint density at radius 3 is 2.54 bits per heavy atom. The maximum Gasteiger partial charge on any atom is 0.125 e. The molecule has 0 aliphatic heterocycles. The first kappa shape index (κ1) is 22.8. The van der Waals surface area contributed by atoms with Gasteiger partial charge in [0.15, 0.2) is 0 Å². The summed E-state index contributed by atoms with van der Waals surface area (Å²) in [5.74, 6) is -0.310. The average molecular weight is 493 g/mol. The van der Waals surface area contributed by atoms with E-state index in [1.54, 1.807) is 18.6 Å². The Labute approximate surface area is 212 Å². The smallest absolute Gasteiger partial charge is 0.125 e. The van der Waals surface area contributed by atoms with E-state index >= 15 is 0 Å². The number of H-pyrrole nitrogens is 2. The molecule has 3 N–H and O–H groups in total. The second kappa shape index (κ2) is 9.44. The van der Waals surface area contributed by atoms with Crippen molar-refractivity contribution in [1.82, 2.24) is 35.0 Å². The van der Waals surface area contributed by atoms with Gasteiger partial charge in [0.2, 0.25) is 0 Å². The van der Waals surface area contributed by atoms with Crippen molar-refractivity contribution in [3.05, 3.63) is 79.3 Å². The van der Waals surface area contributed by atoms with Gasteiger partial charge in [0.05, 0.1) is 16.9 Å². The van der Waals surface area contributed by atoms with Crippen LogP contribution in [0.15, 0.2) is 73.4 Å². The fraction of sp³-hybridized carbons (Fsp3) is 0.143. The third-order valence-corrected chi connectivity index (χ3v) is 6.32. The normalized spacial score (nSPS) is 11.6. The number of benzene rings is 2. The van der Waals surface area contributed by atoms with E-state index in [1.165, 1.54) is 18.5 Å². The van der Waals surface area contributed by atoms with Gasteiger partial charge in [-0.15, -0.1) is 0 Å². The summed E-state index contributed by atoms with van der Waals surface area (Å²) in [6, 6.07) is 15.0. The van der Waals surface area contributed by atoms with Gasteiger partial charge in [-0.25, -0.2) is 14.4 Å². The number of rotatable bonds is 7. The molecular formula is C28H25FN8. The molecule has 37 heavy (non-hydrogen) atoms. The highest BCUT2D eigenvalue weighted by molar-refractivity contribution is 6.01. The minimum Gasteiger partial charge on any atom is -0.384 e. The minimum atomic E-state index is -0.310. The summed E-state index contributed by atoms with van der Waals surface area (Å²) in [5.41, 5.74) is 7.53. The Balaban J connectivity index is 1.41. The highest BCUT2D eigenvalue weighted by Crippen LogP contribution is 2.35. The van der Waals surface area contributed by atoms with Crippen LogP contribution in [0.1, 0.15) is 0 Å². The number of likely N-dealkylation sites (N-methyl/N-ethyl adjacent to an activating group) is 1. The molecule has 0 saturated heterocycles. The minimum absolute atomic E-state index is 0.310. The van der Waals surface area contributed by atoms with Crippen LogP contribution in [0.5, 0.6) is 0 Å². The Bertz CT molecular complexity index is 1700. The topological polar surface area (TPSA) is 98.4 Å². The van der Waals surface area contributed by atoms with Crippen LogP contribution in [0, 0.1) is 5.82 Å². The summed E-state index contributed by atoms with van der Waals surface area (Å²) in [7, 11) is 4.01. The molecule has 0 saturated carbocycles. The predicted molar refractivity (Wildman–Crippen MR) is 145 cm³/mol. The van der Waals surface area contributed by atoms with Gasteiger partial charge in [-0.3, -0.25) is 10.1 Å². The van der Waals surface area contributed by atoms with Gasteiger partial charge in [-0.1, -0.05) is 6.07 Å². The van der Waals surface area contributed by atoms with Crippen LogP contribution in [-0.4, -0.2) is 62.2 Å². The molecular weight excluding hydrogens is 467 g/mol. The predicted octanol–water partition coefficient (Wildman–Crippen LogP) is 5.34. The summed E-state index contributed by atoms with van der Waals surface area (Å²) in [4.78, 5) is 18.4. The molecule has 4 aromatic heterocycles. The molecule has 184 valence electrons. The number of hydrogen-bond acceptors (Lipinski definition) is 6. The first-order valence-corrected chi connectivity index (χ1v) is 12.0. The molecule has 0 aliphatic carbocycles. The third-order valence-electron chi connectivity index (χ3n) is 6.32. The SMILES string of the molecule is CN(C)CCNc1cc(F)cc(-c2nccc3[nH]c(-c4n[nH]c5ccc(-c6cncnc6)cc45)cc23)c1. The van der Waals surface area contributed by atoms with E-state index in [0.717, 1.165) is 56.6 Å². The van der Waals surface area contributed by atoms with E-state index in [2.05, 4.69) is 46.4 Å². The van der Waals surface area contributed by atoms with Crippen molar-refractivity contribution < 1.29 is 4.39 Å². The van der Waals surface area contributed by atoms with Gasteiger partial charge in [-0.05, 0) is 62.1 Å². The Morgan fingerprint density at radius 1 is 0.865 bits per heavy atom. The lowest BCUT2D eigenvalue weighted by atomic mass is 10.0. The zero-order valence-corrected chi connectivity index (χ0v) is 20.5. The molecule has 0 atom stereocenters. The van der Waals surface area contributed by atoms with E-state index in [0.29, 0.717) is 17.8 Å². The number of aromatic amines is 2. The number of pyridine rings is 1. The van der Waals surface area contributed by atoms with Gasteiger partial charge >= 0.3 is 0 Å². The quantitative estimate of drug-likeness (QED) is 0.278. The lowest BCUT2D eigenvalue weighted by Crippen LogP contribution is -2.20. The molecule has 9 heteroatoms. The van der Waals surface area contributed by atoms with Crippen LogP contribution in [0.4, 0.5) is 10.1 Å². The lowest BCUT2D eigenvalue weighted by Gasteiger charge is -2.12. The maximum absolute atomic E-state index is 14.6. The summed E-state index contributed by atoms with van der Waals surface area (Å²) >= 11 is 0. The standard InChI is InChI=1S/C28H25FN8/c1-37(2)8-7-32-21-10-18(9-20(29)12-21)27-23-13-26(34-24(23)5-6-33-27)28-22-11-17(3-4-25(22)35-36-28)19-14-30-16-31-15-19/h3-6,9-16,32,34H,7-8H2,1-2H3,(H,35,36). The highest BCUT2D eigenvalue weighted by Gasteiger charge is 2.16. The van der Waals surface area contributed by atoms with Crippen molar-refractivity contribution in [3.8, 4) is 33.8 Å². The number of anilines is 1. The molecule has 6 rings (SSSR count). The molecule has 0 radical (unpaired) electrons. The largest absolute Gasteiger partial charge is 0.384 e. The molecule has 4 heterocycles. The molecule has 2 aromatic carbocycles. The van der Waals surface area contributed by atoms with Crippen molar-refractivity contribution in [1.29, 1.82) is 0 Å². The molecule has 0 spiro atoms. The van der Waals surface area contributed by atoms with Crippen LogP contribution >= 0.6 is 0 Å². The molecule has 8 nitrogen and oxygen atoms in total. The van der Waals surface area contributed by atoms with Crippen molar-refractivity contribution in [2.75, 3.05) is 32.5 Å². The monoisotopic (exact) mass is 492 g/mol. The van der Waals surface area contributed by atoms with Crippen molar-refractivity contribution >= 4 is 27.5 Å². The molecule has 0 aliphatic rings. The van der Waals surface area contributed by atoms with Crippen LogP contribution in [0.3, 0.4) is 0 Å². The van der Waals surface area contributed by atoms with E-state index in [9.17, 15) is 4.39 Å². The van der Waals surface area contributed by atoms with Crippen LogP contribution in [-0.2, 0) is 0 Å². The lowest BCUT2D eigenvalue weighted by molar-refractivity contribution is 0.425. The number of hydrogen-bond donors (Lipinski definition) is 3. The maximum atomic E-state index is 14.6. The highest BCUT2D eigenvalue weighted by atomic mass is 19.1. The van der Waals surface area contributed by atoms with E-state index < -0.39 is 0 Å². The summed E-state index contributed by atoms with van der Waals surface area (Å²) in [5, 5.41) is 12.9. The molecule has 0 fully saturated rings. The average Bonchev–Trinajstić information content (AvgIpc) is 3.52. The summed E-state index contributed by atoms with van der Waals surface area (Å²) < 4.78 is 14.6. The zero-order chi connectivity index (χ0) is 25.4. The Kier molecular flexibility index (Phi) is 5.82. The molecule has 0 unspecified atom stereocenters. The third kappa shape index (κ3) is 4.52. The molecule has 6 aromatic rings. The van der Waals surface area contributed by atoms with Crippen LogP contribution in [0.2, 0.25) is 0 Å². The van der Waals surface area contributed by atoms with Gasteiger partial charge < -0.3 is 15.2 Å². The number of nitrogens with zero attached hydrogens (tertiary/aromatic N) is 5. The molecule has 0 amide bonds. The van der Waals surface area contributed by atoms with Crippen LogP contribution < -0.4 is 5.32 Å². The van der Waals surface area contributed by atoms with E-state index in [1.807, 2.05) is 44.4 Å². The first-order chi connectivity index (χ1) is 18.0. The number of halogens is 1.